The summed E-state index contributed by atoms with van der Waals surface area (Å²) in [5.74, 6) is 1.76. The Labute approximate surface area is 220 Å². The lowest BCUT2D eigenvalue weighted by Gasteiger charge is -2.14. The zero-order valence-electron chi connectivity index (χ0n) is 19.9. The first kappa shape index (κ1) is 25.1. The number of hydrogen-bond acceptors (Lipinski definition) is 5. The van der Waals surface area contributed by atoms with Crippen molar-refractivity contribution in [1.82, 2.24) is 9.66 Å². The van der Waals surface area contributed by atoms with Crippen LogP contribution in [0.1, 0.15) is 42.3 Å². The number of rotatable bonds is 7. The largest absolute Gasteiger partial charge is 0.493 e. The minimum Gasteiger partial charge on any atom is -0.493 e. The Bertz CT molecular complexity index is 1480. The third kappa shape index (κ3) is 5.65. The van der Waals surface area contributed by atoms with Crippen molar-refractivity contribution in [2.45, 2.75) is 33.3 Å². The monoisotopic (exact) mass is 597 g/mol. The molecule has 1 heterocycles. The third-order valence-electron chi connectivity index (χ3n) is 5.39. The Kier molecular flexibility index (Phi) is 7.72. The van der Waals surface area contributed by atoms with E-state index in [-0.39, 0.29) is 11.5 Å². The number of hydrogen-bond donors (Lipinski definition) is 0. The molecule has 0 aliphatic rings. The molecule has 1 aromatic heterocycles. The molecule has 0 amide bonds. The molecule has 180 valence electrons. The van der Waals surface area contributed by atoms with Gasteiger partial charge >= 0.3 is 0 Å². The van der Waals surface area contributed by atoms with E-state index in [1.807, 2.05) is 63.2 Å². The molecule has 0 radical (unpaired) electrons. The van der Waals surface area contributed by atoms with E-state index in [0.717, 1.165) is 20.1 Å². The highest BCUT2D eigenvalue weighted by Crippen LogP contribution is 2.37. The highest BCUT2D eigenvalue weighted by molar-refractivity contribution is 9.10. The van der Waals surface area contributed by atoms with Crippen molar-refractivity contribution in [1.29, 1.82) is 0 Å². The van der Waals surface area contributed by atoms with E-state index in [1.165, 1.54) is 10.2 Å². The number of fused-ring (bicyclic) bond motifs is 1. The van der Waals surface area contributed by atoms with Gasteiger partial charge in [-0.25, -0.2) is 4.98 Å². The number of nitrogens with zero attached hydrogens (tertiary/aromatic N) is 3. The molecule has 0 bridgehead atoms. The van der Waals surface area contributed by atoms with Crippen LogP contribution in [0.2, 0.25) is 0 Å². The molecule has 35 heavy (non-hydrogen) atoms. The van der Waals surface area contributed by atoms with Crippen molar-refractivity contribution >= 4 is 49.0 Å². The number of halogens is 2. The Balaban J connectivity index is 1.69. The average molecular weight is 599 g/mol. The van der Waals surface area contributed by atoms with Crippen molar-refractivity contribution in [3.63, 3.8) is 0 Å². The van der Waals surface area contributed by atoms with Gasteiger partial charge in [0.2, 0.25) is 0 Å². The summed E-state index contributed by atoms with van der Waals surface area (Å²) in [6.07, 6.45) is 1.62. The number of benzene rings is 3. The van der Waals surface area contributed by atoms with Crippen molar-refractivity contribution in [3.05, 3.63) is 96.4 Å². The molecule has 0 aliphatic heterocycles. The van der Waals surface area contributed by atoms with Gasteiger partial charge in [0, 0.05) is 10.4 Å². The molecule has 0 fully saturated rings. The average Bonchev–Trinajstić information content (AvgIpc) is 2.82. The molecule has 4 aromatic rings. The second-order valence-corrected chi connectivity index (χ2v) is 10.2. The van der Waals surface area contributed by atoms with Crippen molar-refractivity contribution in [2.75, 3.05) is 7.11 Å². The minimum absolute atomic E-state index is 0.00608. The molecule has 4 rings (SSSR count). The van der Waals surface area contributed by atoms with Crippen molar-refractivity contribution < 1.29 is 9.47 Å². The fourth-order valence-electron chi connectivity index (χ4n) is 3.69. The standard InChI is InChI=1S/C27H25Br2N3O3/c1-16(2)26-31-23-9-8-20(28)13-21(23)27(33)32(26)30-14-19-11-22(29)25(24(12-19)34-4)35-15-18-7-5-6-17(3)10-18/h5-14,16H,15H2,1-4H3. The van der Waals surface area contributed by atoms with Gasteiger partial charge in [0.15, 0.2) is 11.5 Å². The summed E-state index contributed by atoms with van der Waals surface area (Å²) in [5, 5.41) is 5.01. The van der Waals surface area contributed by atoms with E-state index in [2.05, 4.69) is 48.0 Å². The molecular weight excluding hydrogens is 574 g/mol. The molecule has 0 saturated carbocycles. The van der Waals surface area contributed by atoms with Crippen LogP contribution >= 0.6 is 31.9 Å². The highest BCUT2D eigenvalue weighted by Gasteiger charge is 2.15. The maximum atomic E-state index is 13.2. The first-order valence-corrected chi connectivity index (χ1v) is 12.7. The van der Waals surface area contributed by atoms with Gasteiger partial charge in [-0.05, 0) is 64.3 Å². The van der Waals surface area contributed by atoms with Crippen molar-refractivity contribution in [3.8, 4) is 11.5 Å². The summed E-state index contributed by atoms with van der Waals surface area (Å²) in [5.41, 5.74) is 3.41. The van der Waals surface area contributed by atoms with Crippen LogP contribution < -0.4 is 15.0 Å². The second kappa shape index (κ2) is 10.7. The van der Waals surface area contributed by atoms with Crippen molar-refractivity contribution in [2.24, 2.45) is 5.10 Å². The number of aromatic nitrogens is 2. The summed E-state index contributed by atoms with van der Waals surface area (Å²) in [7, 11) is 1.59. The summed E-state index contributed by atoms with van der Waals surface area (Å²) in [6, 6.07) is 17.3. The van der Waals surface area contributed by atoms with Crippen LogP contribution in [0.15, 0.2) is 73.4 Å². The number of ether oxygens (including phenoxy) is 2. The third-order valence-corrected chi connectivity index (χ3v) is 6.47. The molecule has 0 aliphatic carbocycles. The van der Waals surface area contributed by atoms with Gasteiger partial charge in [-0.15, -0.1) is 0 Å². The highest BCUT2D eigenvalue weighted by atomic mass is 79.9. The molecule has 0 saturated heterocycles. The second-order valence-electron chi connectivity index (χ2n) is 8.46. The van der Waals surface area contributed by atoms with Gasteiger partial charge < -0.3 is 9.47 Å². The first-order valence-electron chi connectivity index (χ1n) is 11.1. The van der Waals surface area contributed by atoms with Crippen LogP contribution in [0, 0.1) is 6.92 Å². The van der Waals surface area contributed by atoms with E-state index in [0.29, 0.717) is 34.8 Å². The Morgan fingerprint density at radius 2 is 1.91 bits per heavy atom. The SMILES string of the molecule is COc1cc(C=Nn2c(C(C)C)nc3ccc(Br)cc3c2=O)cc(Br)c1OCc1cccc(C)c1. The number of aryl methyl sites for hydroxylation is 1. The molecular formula is C27H25Br2N3O3. The molecule has 0 unspecified atom stereocenters. The normalized spacial score (nSPS) is 11.5. The van der Waals surface area contributed by atoms with E-state index >= 15 is 0 Å². The van der Waals surface area contributed by atoms with Gasteiger partial charge in [-0.3, -0.25) is 4.79 Å². The van der Waals surface area contributed by atoms with E-state index in [9.17, 15) is 4.79 Å². The van der Waals surface area contributed by atoms with E-state index < -0.39 is 0 Å². The van der Waals surface area contributed by atoms with E-state index in [1.54, 1.807) is 19.4 Å². The fourth-order valence-corrected chi connectivity index (χ4v) is 4.62. The summed E-state index contributed by atoms with van der Waals surface area (Å²) in [6.45, 7) is 6.43. The molecule has 0 spiro atoms. The van der Waals surface area contributed by atoms with Crippen LogP contribution in [0.4, 0.5) is 0 Å². The zero-order chi connectivity index (χ0) is 25.1. The number of methoxy groups -OCH3 is 1. The Morgan fingerprint density at radius 3 is 2.63 bits per heavy atom. The zero-order valence-corrected chi connectivity index (χ0v) is 23.1. The lowest BCUT2D eigenvalue weighted by molar-refractivity contribution is 0.282. The van der Waals surface area contributed by atoms with Gasteiger partial charge in [0.1, 0.15) is 12.4 Å². The lowest BCUT2D eigenvalue weighted by atomic mass is 10.1. The molecule has 6 nitrogen and oxygen atoms in total. The van der Waals surface area contributed by atoms with Crippen LogP contribution in [-0.4, -0.2) is 23.0 Å². The predicted molar refractivity (Wildman–Crippen MR) is 147 cm³/mol. The molecule has 0 atom stereocenters. The van der Waals surface area contributed by atoms with Gasteiger partial charge in [0.25, 0.3) is 5.56 Å². The Hall–Kier alpha value is -2.97. The summed E-state index contributed by atoms with van der Waals surface area (Å²) < 4.78 is 14.5. The lowest BCUT2D eigenvalue weighted by Crippen LogP contribution is -2.23. The minimum atomic E-state index is -0.222. The van der Waals surface area contributed by atoms with Crippen LogP contribution in [-0.2, 0) is 6.61 Å². The van der Waals surface area contributed by atoms with Gasteiger partial charge in [-0.1, -0.05) is 59.6 Å². The maximum absolute atomic E-state index is 13.2. The first-order chi connectivity index (χ1) is 16.8. The summed E-state index contributed by atoms with van der Waals surface area (Å²) in [4.78, 5) is 17.9. The van der Waals surface area contributed by atoms with Crippen LogP contribution in [0.5, 0.6) is 11.5 Å². The van der Waals surface area contributed by atoms with Gasteiger partial charge in [0.05, 0.1) is 28.7 Å². The van der Waals surface area contributed by atoms with Crippen LogP contribution in [0.25, 0.3) is 10.9 Å². The molecule has 0 N–H and O–H groups in total. The molecule has 3 aromatic carbocycles. The van der Waals surface area contributed by atoms with E-state index in [4.69, 9.17) is 9.47 Å². The Morgan fingerprint density at radius 1 is 1.11 bits per heavy atom. The topological polar surface area (TPSA) is 65.7 Å². The molecule has 8 heteroatoms. The smallest absolute Gasteiger partial charge is 0.282 e. The quantitative estimate of drug-likeness (QED) is 0.219. The van der Waals surface area contributed by atoms with Crippen LogP contribution in [0.3, 0.4) is 0 Å². The fraction of sp³-hybridized carbons (Fsp3) is 0.222. The predicted octanol–water partition coefficient (Wildman–Crippen LogP) is 6.82. The maximum Gasteiger partial charge on any atom is 0.282 e. The van der Waals surface area contributed by atoms with Gasteiger partial charge in [-0.2, -0.15) is 9.78 Å². The summed E-state index contributed by atoms with van der Waals surface area (Å²) >= 11 is 7.02.